The Balaban J connectivity index is 3.10. The Kier molecular flexibility index (Phi) is 13.9. The number of hydrogen-bond donors (Lipinski definition) is 5. The summed E-state index contributed by atoms with van der Waals surface area (Å²) in [5.41, 5.74) is 6.45. The second-order valence-corrected chi connectivity index (χ2v) is 9.48. The molecule has 0 saturated heterocycles. The van der Waals surface area contributed by atoms with E-state index >= 15 is 0 Å². The fraction of sp³-hybridized carbons (Fsp3) is 0.577. The lowest BCUT2D eigenvalue weighted by Crippen LogP contribution is -2.57. The minimum atomic E-state index is -1.20. The molecule has 6 N–H and O–H groups in total. The van der Waals surface area contributed by atoms with Gasteiger partial charge >= 0.3 is 5.97 Å². The van der Waals surface area contributed by atoms with Crippen molar-refractivity contribution < 1.29 is 29.1 Å². The van der Waals surface area contributed by atoms with E-state index in [0.717, 1.165) is 5.56 Å². The van der Waals surface area contributed by atoms with Crippen molar-refractivity contribution in [2.24, 2.45) is 11.7 Å². The average Bonchev–Trinajstić information content (AvgIpc) is 2.84. The van der Waals surface area contributed by atoms with Gasteiger partial charge in [0.1, 0.15) is 24.7 Å². The first kappa shape index (κ1) is 31.6. The fourth-order valence-corrected chi connectivity index (χ4v) is 3.75. The lowest BCUT2D eigenvalue weighted by atomic mass is 10.0. The molecule has 0 radical (unpaired) electrons. The lowest BCUT2D eigenvalue weighted by Gasteiger charge is -2.29. The van der Waals surface area contributed by atoms with Crippen LogP contribution in [0.25, 0.3) is 0 Å². The van der Waals surface area contributed by atoms with Crippen LogP contribution in [0.5, 0.6) is 0 Å². The van der Waals surface area contributed by atoms with Crippen LogP contribution >= 0.6 is 0 Å². The molecule has 4 amide bonds. The highest BCUT2D eigenvalue weighted by molar-refractivity contribution is 5.94. The summed E-state index contributed by atoms with van der Waals surface area (Å²) in [7, 11) is 1.53. The number of hydrogen-bond acceptors (Lipinski definition) is 6. The van der Waals surface area contributed by atoms with Gasteiger partial charge in [-0.05, 0) is 43.7 Å². The molecule has 11 heteroatoms. The van der Waals surface area contributed by atoms with Gasteiger partial charge in [-0.1, -0.05) is 44.2 Å². The number of aliphatic carboxylic acids is 1. The van der Waals surface area contributed by atoms with E-state index in [1.54, 1.807) is 0 Å². The van der Waals surface area contributed by atoms with Crippen LogP contribution in [0.15, 0.2) is 30.3 Å². The Labute approximate surface area is 218 Å². The van der Waals surface area contributed by atoms with Gasteiger partial charge in [0.05, 0.1) is 0 Å². The van der Waals surface area contributed by atoms with Crippen LogP contribution in [0.3, 0.4) is 0 Å². The molecule has 3 atom stereocenters. The maximum absolute atomic E-state index is 13.4. The molecule has 1 rings (SSSR count). The topological polar surface area (TPSA) is 171 Å². The van der Waals surface area contributed by atoms with Crippen LogP contribution in [0, 0.1) is 5.92 Å². The molecule has 11 nitrogen and oxygen atoms in total. The number of likely N-dealkylation sites (N-methyl/N-ethyl adjacent to an activating group) is 1. The number of carboxylic acid groups (broad SMARTS) is 1. The number of rotatable bonds is 16. The molecule has 0 aliphatic carbocycles. The summed E-state index contributed by atoms with van der Waals surface area (Å²) in [6.07, 6.45) is 2.01. The number of nitrogens with zero attached hydrogens (tertiary/aromatic N) is 1. The highest BCUT2D eigenvalue weighted by Gasteiger charge is 2.31. The minimum Gasteiger partial charge on any atom is -0.480 e. The highest BCUT2D eigenvalue weighted by Crippen LogP contribution is 2.11. The summed E-state index contributed by atoms with van der Waals surface area (Å²) >= 11 is 0. The van der Waals surface area contributed by atoms with Gasteiger partial charge in [0.25, 0.3) is 0 Å². The maximum atomic E-state index is 13.4. The van der Waals surface area contributed by atoms with Crippen LogP contribution in [0.4, 0.5) is 0 Å². The second-order valence-electron chi connectivity index (χ2n) is 9.48. The van der Waals surface area contributed by atoms with E-state index in [0.29, 0.717) is 19.4 Å². The van der Waals surface area contributed by atoms with E-state index in [9.17, 15) is 24.0 Å². The van der Waals surface area contributed by atoms with Crippen LogP contribution in [-0.4, -0.2) is 77.9 Å². The molecule has 0 fully saturated rings. The van der Waals surface area contributed by atoms with Crippen molar-refractivity contribution in [2.45, 2.75) is 71.0 Å². The molecular formula is C26H41N5O6. The Morgan fingerprint density at radius 1 is 0.946 bits per heavy atom. The quantitative estimate of drug-likeness (QED) is 0.197. The molecule has 0 aromatic heterocycles. The van der Waals surface area contributed by atoms with Crippen molar-refractivity contribution in [3.63, 3.8) is 0 Å². The number of benzene rings is 1. The molecular weight excluding hydrogens is 478 g/mol. The largest absolute Gasteiger partial charge is 0.480 e. The molecule has 0 saturated carbocycles. The van der Waals surface area contributed by atoms with Crippen molar-refractivity contribution >= 4 is 29.6 Å². The van der Waals surface area contributed by atoms with Crippen molar-refractivity contribution in [1.82, 2.24) is 20.9 Å². The molecule has 0 aliphatic rings. The summed E-state index contributed by atoms with van der Waals surface area (Å²) in [6.45, 7) is 4.95. The van der Waals surface area contributed by atoms with Gasteiger partial charge in [-0.15, -0.1) is 0 Å². The molecule has 0 bridgehead atoms. The second kappa shape index (κ2) is 16.3. The Hall–Kier alpha value is -3.47. The monoisotopic (exact) mass is 519 g/mol. The molecule has 206 valence electrons. The zero-order valence-corrected chi connectivity index (χ0v) is 22.2. The number of amides is 4. The first-order valence-corrected chi connectivity index (χ1v) is 12.5. The van der Waals surface area contributed by atoms with Gasteiger partial charge in [-0.3, -0.25) is 24.0 Å². The number of carbonyl (C=O) groups excluding carboxylic acids is 4. The van der Waals surface area contributed by atoms with Crippen LogP contribution < -0.4 is 21.7 Å². The summed E-state index contributed by atoms with van der Waals surface area (Å²) in [6, 6.07) is 6.44. The Morgan fingerprint density at radius 3 is 2.11 bits per heavy atom. The van der Waals surface area contributed by atoms with Crippen LogP contribution in [-0.2, 0) is 30.4 Å². The SMILES string of the molecule is CC(=O)N(C)[C@@H](Cc1ccccc1)C(=O)N[C@@H](CCCCN)C(=O)N[C@@H](CC(C)C)C(=O)NCC(=O)O. The molecule has 0 aliphatic heterocycles. The van der Waals surface area contributed by atoms with E-state index in [-0.39, 0.29) is 31.1 Å². The van der Waals surface area contributed by atoms with E-state index < -0.39 is 48.4 Å². The first-order chi connectivity index (χ1) is 17.5. The van der Waals surface area contributed by atoms with Gasteiger partial charge in [0, 0.05) is 20.4 Å². The standard InChI is InChI=1S/C26H41N5O6/c1-17(2)14-21(24(35)28-16-23(33)34)30-25(36)20(12-8-9-13-27)29-26(37)22(31(4)18(3)32)15-19-10-6-5-7-11-19/h5-7,10-11,17,20-22H,8-9,12-16,27H2,1-4H3,(H,28,35)(H,29,37)(H,30,36)(H,33,34)/t20-,21-,22-/m0/s1. The minimum absolute atomic E-state index is 0.0330. The van der Waals surface area contributed by atoms with Crippen molar-refractivity contribution in [1.29, 1.82) is 0 Å². The number of carbonyl (C=O) groups is 5. The maximum Gasteiger partial charge on any atom is 0.322 e. The number of carboxylic acids is 1. The van der Waals surface area contributed by atoms with Gasteiger partial charge in [0.2, 0.25) is 23.6 Å². The van der Waals surface area contributed by atoms with Crippen molar-refractivity contribution in [3.05, 3.63) is 35.9 Å². The third kappa shape index (κ3) is 11.9. The summed E-state index contributed by atoms with van der Waals surface area (Å²) in [4.78, 5) is 63.5. The highest BCUT2D eigenvalue weighted by atomic mass is 16.4. The zero-order valence-electron chi connectivity index (χ0n) is 22.2. The van der Waals surface area contributed by atoms with E-state index in [2.05, 4.69) is 16.0 Å². The molecule has 0 heterocycles. The van der Waals surface area contributed by atoms with Gasteiger partial charge < -0.3 is 31.7 Å². The number of unbranched alkanes of at least 4 members (excludes halogenated alkanes) is 1. The number of nitrogens with one attached hydrogen (secondary N) is 3. The number of nitrogens with two attached hydrogens (primary N) is 1. The predicted molar refractivity (Wildman–Crippen MR) is 139 cm³/mol. The van der Waals surface area contributed by atoms with Crippen molar-refractivity contribution in [3.8, 4) is 0 Å². The van der Waals surface area contributed by atoms with E-state index in [4.69, 9.17) is 10.8 Å². The summed E-state index contributed by atoms with van der Waals surface area (Å²) in [5, 5.41) is 16.6. The molecule has 1 aromatic rings. The van der Waals surface area contributed by atoms with Gasteiger partial charge in [-0.25, -0.2) is 0 Å². The summed E-state index contributed by atoms with van der Waals surface area (Å²) < 4.78 is 0. The third-order valence-electron chi connectivity index (χ3n) is 5.87. The summed E-state index contributed by atoms with van der Waals surface area (Å²) in [5.74, 6) is -3.14. The fourth-order valence-electron chi connectivity index (χ4n) is 3.75. The molecule has 0 unspecified atom stereocenters. The molecule has 0 spiro atoms. The van der Waals surface area contributed by atoms with E-state index in [1.807, 2.05) is 44.2 Å². The van der Waals surface area contributed by atoms with Crippen LogP contribution in [0.1, 0.15) is 52.0 Å². The molecule has 1 aromatic carbocycles. The normalized spacial score (nSPS) is 13.2. The van der Waals surface area contributed by atoms with Crippen molar-refractivity contribution in [2.75, 3.05) is 20.1 Å². The van der Waals surface area contributed by atoms with Gasteiger partial charge in [-0.2, -0.15) is 0 Å². The smallest absolute Gasteiger partial charge is 0.322 e. The Morgan fingerprint density at radius 2 is 1.57 bits per heavy atom. The van der Waals surface area contributed by atoms with Crippen LogP contribution in [0.2, 0.25) is 0 Å². The average molecular weight is 520 g/mol. The van der Waals surface area contributed by atoms with E-state index in [1.165, 1.54) is 18.9 Å². The third-order valence-corrected chi connectivity index (χ3v) is 5.87. The Bertz CT molecular complexity index is 908. The predicted octanol–water partition coefficient (Wildman–Crippen LogP) is 0.422. The van der Waals surface area contributed by atoms with Gasteiger partial charge in [0.15, 0.2) is 0 Å². The molecule has 37 heavy (non-hydrogen) atoms. The zero-order chi connectivity index (χ0) is 28.0. The first-order valence-electron chi connectivity index (χ1n) is 12.5. The lowest BCUT2D eigenvalue weighted by molar-refractivity contribution is -0.139.